The van der Waals surface area contributed by atoms with Crippen molar-refractivity contribution in [3.05, 3.63) is 23.8 Å². The van der Waals surface area contributed by atoms with Gasteiger partial charge in [0.2, 0.25) is 0 Å². The molecule has 1 fully saturated rings. The van der Waals surface area contributed by atoms with Crippen LogP contribution in [0.25, 0.3) is 0 Å². The van der Waals surface area contributed by atoms with Crippen LogP contribution in [0.3, 0.4) is 0 Å². The Hall–Kier alpha value is -2.12. The molecule has 8 heteroatoms. The van der Waals surface area contributed by atoms with Crippen molar-refractivity contribution in [1.29, 1.82) is 0 Å². The van der Waals surface area contributed by atoms with Gasteiger partial charge in [-0.05, 0) is 43.4 Å². The lowest BCUT2D eigenvalue weighted by Crippen LogP contribution is -2.38. The van der Waals surface area contributed by atoms with E-state index in [9.17, 15) is 13.2 Å². The van der Waals surface area contributed by atoms with E-state index in [0.717, 1.165) is 30.5 Å². The Morgan fingerprint density at radius 3 is 2.60 bits per heavy atom. The van der Waals surface area contributed by atoms with E-state index < -0.39 is 12.8 Å². The topological polar surface area (TPSA) is 54.9 Å². The van der Waals surface area contributed by atoms with Gasteiger partial charge < -0.3 is 20.1 Å². The Morgan fingerprint density at radius 2 is 2.00 bits per heavy atom. The summed E-state index contributed by atoms with van der Waals surface area (Å²) in [5.74, 6) is 1.78. The van der Waals surface area contributed by atoms with E-state index in [1.807, 2.05) is 6.92 Å². The monoisotopic (exact) mass is 359 g/mol. The Balaban J connectivity index is 1.98. The number of benzene rings is 1. The lowest BCUT2D eigenvalue weighted by Gasteiger charge is -2.14. The van der Waals surface area contributed by atoms with E-state index in [1.165, 1.54) is 26.0 Å². The second-order valence-corrected chi connectivity index (χ2v) is 5.91. The van der Waals surface area contributed by atoms with E-state index in [-0.39, 0.29) is 11.5 Å². The second-order valence-electron chi connectivity index (χ2n) is 5.91. The molecule has 0 bridgehead atoms. The molecule has 0 spiro atoms. The highest BCUT2D eigenvalue weighted by molar-refractivity contribution is 5.79. The van der Waals surface area contributed by atoms with Gasteiger partial charge in [-0.2, -0.15) is 13.2 Å². The fourth-order valence-corrected chi connectivity index (χ4v) is 2.16. The fourth-order valence-electron chi connectivity index (χ4n) is 2.16. The van der Waals surface area contributed by atoms with Crippen molar-refractivity contribution in [2.45, 2.75) is 32.5 Å². The van der Waals surface area contributed by atoms with Gasteiger partial charge >= 0.3 is 6.18 Å². The lowest BCUT2D eigenvalue weighted by atomic mass is 10.2. The molecule has 0 aromatic heterocycles. The van der Waals surface area contributed by atoms with Crippen molar-refractivity contribution in [1.82, 2.24) is 10.6 Å². The molecule has 1 aromatic rings. The summed E-state index contributed by atoms with van der Waals surface area (Å²) >= 11 is 0. The van der Waals surface area contributed by atoms with Crippen molar-refractivity contribution in [2.75, 3.05) is 26.8 Å². The van der Waals surface area contributed by atoms with Crippen LogP contribution in [0.5, 0.6) is 11.5 Å². The van der Waals surface area contributed by atoms with Crippen LogP contribution >= 0.6 is 0 Å². The molecule has 1 aromatic carbocycles. The zero-order valence-corrected chi connectivity index (χ0v) is 14.4. The first-order valence-corrected chi connectivity index (χ1v) is 8.30. The van der Waals surface area contributed by atoms with Crippen LogP contribution in [0.4, 0.5) is 13.2 Å². The number of rotatable bonds is 8. The summed E-state index contributed by atoms with van der Waals surface area (Å²) in [5.41, 5.74) is 0.819. The minimum atomic E-state index is -4.39. The molecule has 1 saturated carbocycles. The number of aliphatic imine (C=N–C) groups is 1. The van der Waals surface area contributed by atoms with E-state index in [2.05, 4.69) is 15.6 Å². The number of nitrogens with one attached hydrogen (secondary N) is 2. The summed E-state index contributed by atoms with van der Waals surface area (Å²) in [6.07, 6.45) is -1.88. The van der Waals surface area contributed by atoms with Gasteiger partial charge in [-0.15, -0.1) is 0 Å². The van der Waals surface area contributed by atoms with Crippen LogP contribution in [0.15, 0.2) is 23.2 Å². The van der Waals surface area contributed by atoms with Crippen LogP contribution in [0.1, 0.15) is 25.3 Å². The molecule has 5 nitrogen and oxygen atoms in total. The highest BCUT2D eigenvalue weighted by atomic mass is 19.4. The standard InChI is InChI=1S/C17H24F3N3O2/c1-3-21-16(22-9-12-4-5-12)23-10-13-6-7-14(15(8-13)24-2)25-11-17(18,19)20/h6-8,12H,3-5,9-11H2,1-2H3,(H2,21,22,23). The molecule has 25 heavy (non-hydrogen) atoms. The molecule has 0 aliphatic heterocycles. The number of ether oxygens (including phenoxy) is 2. The predicted octanol–water partition coefficient (Wildman–Crippen LogP) is 3.10. The minimum absolute atomic E-state index is 0.0614. The van der Waals surface area contributed by atoms with Crippen LogP contribution in [0, 0.1) is 5.92 Å². The average molecular weight is 359 g/mol. The molecular formula is C17H24F3N3O2. The summed E-state index contributed by atoms with van der Waals surface area (Å²) in [7, 11) is 1.39. The van der Waals surface area contributed by atoms with Crippen molar-refractivity contribution >= 4 is 5.96 Å². The number of methoxy groups -OCH3 is 1. The van der Waals surface area contributed by atoms with Crippen LogP contribution < -0.4 is 20.1 Å². The van der Waals surface area contributed by atoms with Crippen LogP contribution in [-0.2, 0) is 6.54 Å². The van der Waals surface area contributed by atoms with Crippen molar-refractivity contribution in [3.63, 3.8) is 0 Å². The van der Waals surface area contributed by atoms with E-state index >= 15 is 0 Å². The maximum atomic E-state index is 12.3. The number of alkyl halides is 3. The highest BCUT2D eigenvalue weighted by Gasteiger charge is 2.29. The van der Waals surface area contributed by atoms with Gasteiger partial charge in [-0.25, -0.2) is 4.99 Å². The average Bonchev–Trinajstić information content (AvgIpc) is 3.39. The Morgan fingerprint density at radius 1 is 1.24 bits per heavy atom. The first-order chi connectivity index (χ1) is 11.9. The molecular weight excluding hydrogens is 335 g/mol. The lowest BCUT2D eigenvalue weighted by molar-refractivity contribution is -0.153. The van der Waals surface area contributed by atoms with Gasteiger partial charge in [0.25, 0.3) is 0 Å². The highest BCUT2D eigenvalue weighted by Crippen LogP contribution is 2.30. The third-order valence-corrected chi connectivity index (χ3v) is 3.64. The number of nitrogens with zero attached hydrogens (tertiary/aromatic N) is 1. The Labute approximate surface area is 145 Å². The largest absolute Gasteiger partial charge is 0.493 e. The fraction of sp³-hybridized carbons (Fsp3) is 0.588. The van der Waals surface area contributed by atoms with Crippen molar-refractivity contribution < 1.29 is 22.6 Å². The van der Waals surface area contributed by atoms with Crippen LogP contribution in [-0.4, -0.2) is 38.9 Å². The Kier molecular flexibility index (Phi) is 6.78. The van der Waals surface area contributed by atoms with Crippen molar-refractivity contribution in [3.8, 4) is 11.5 Å². The minimum Gasteiger partial charge on any atom is -0.493 e. The molecule has 0 radical (unpaired) electrons. The molecule has 140 valence electrons. The van der Waals surface area contributed by atoms with E-state index in [0.29, 0.717) is 6.54 Å². The number of hydrogen-bond acceptors (Lipinski definition) is 3. The second kappa shape index (κ2) is 8.82. The molecule has 2 N–H and O–H groups in total. The summed E-state index contributed by atoms with van der Waals surface area (Å²) < 4.78 is 46.7. The number of hydrogen-bond donors (Lipinski definition) is 2. The SMILES string of the molecule is CCNC(=NCc1ccc(OCC(F)(F)F)c(OC)c1)NCC1CC1. The molecule has 0 unspecified atom stereocenters. The van der Waals surface area contributed by atoms with Gasteiger partial charge in [-0.1, -0.05) is 6.07 Å². The van der Waals surface area contributed by atoms with Gasteiger partial charge in [0.05, 0.1) is 13.7 Å². The normalized spacial score (nSPS) is 15.0. The quantitative estimate of drug-likeness (QED) is 0.553. The third kappa shape index (κ3) is 7.11. The number of halogens is 3. The summed E-state index contributed by atoms with van der Waals surface area (Å²) in [4.78, 5) is 4.49. The first kappa shape index (κ1) is 19.2. The number of guanidine groups is 1. The molecule has 0 saturated heterocycles. The zero-order valence-electron chi connectivity index (χ0n) is 14.4. The van der Waals surface area contributed by atoms with Gasteiger partial charge in [0.1, 0.15) is 0 Å². The van der Waals surface area contributed by atoms with Crippen molar-refractivity contribution in [2.24, 2.45) is 10.9 Å². The van der Waals surface area contributed by atoms with E-state index in [4.69, 9.17) is 9.47 Å². The molecule has 0 heterocycles. The molecule has 1 aliphatic carbocycles. The molecule has 0 amide bonds. The third-order valence-electron chi connectivity index (χ3n) is 3.64. The zero-order chi connectivity index (χ0) is 18.3. The van der Waals surface area contributed by atoms with E-state index in [1.54, 1.807) is 12.1 Å². The summed E-state index contributed by atoms with van der Waals surface area (Å²) in [6.45, 7) is 2.68. The van der Waals surface area contributed by atoms with Gasteiger partial charge in [-0.3, -0.25) is 0 Å². The maximum Gasteiger partial charge on any atom is 0.422 e. The molecule has 0 atom stereocenters. The smallest absolute Gasteiger partial charge is 0.422 e. The summed E-state index contributed by atoms with van der Waals surface area (Å²) in [5, 5.41) is 6.46. The molecule has 1 aliphatic rings. The van der Waals surface area contributed by atoms with Crippen LogP contribution in [0.2, 0.25) is 0 Å². The van der Waals surface area contributed by atoms with Gasteiger partial charge in [0, 0.05) is 13.1 Å². The molecule has 2 rings (SSSR count). The maximum absolute atomic E-state index is 12.3. The Bertz CT molecular complexity index is 587. The van der Waals surface area contributed by atoms with Gasteiger partial charge in [0.15, 0.2) is 24.1 Å². The first-order valence-electron chi connectivity index (χ1n) is 8.30. The summed E-state index contributed by atoms with van der Waals surface area (Å²) in [6, 6.07) is 4.79. The predicted molar refractivity (Wildman–Crippen MR) is 90.1 cm³/mol.